The highest BCUT2D eigenvalue weighted by Crippen LogP contribution is 2.19. The lowest BCUT2D eigenvalue weighted by atomic mass is 9.95. The lowest BCUT2D eigenvalue weighted by Crippen LogP contribution is -2.48. The van der Waals surface area contributed by atoms with E-state index in [0.29, 0.717) is 12.5 Å². The fourth-order valence-electron chi connectivity index (χ4n) is 3.18. The van der Waals surface area contributed by atoms with E-state index in [4.69, 9.17) is 4.74 Å². The van der Waals surface area contributed by atoms with Gasteiger partial charge in [-0.2, -0.15) is 0 Å². The fraction of sp³-hybridized carbons (Fsp3) is 0.632. The first-order valence-corrected chi connectivity index (χ1v) is 8.76. The van der Waals surface area contributed by atoms with Crippen LogP contribution in [0.1, 0.15) is 38.7 Å². The molecule has 0 radical (unpaired) electrons. The number of amides is 1. The van der Waals surface area contributed by atoms with Gasteiger partial charge in [0.25, 0.3) is 0 Å². The maximum atomic E-state index is 12.5. The van der Waals surface area contributed by atoms with Crippen LogP contribution in [0.4, 0.5) is 0 Å². The first kappa shape index (κ1) is 18.0. The Hall–Kier alpha value is -1.39. The molecule has 0 aliphatic carbocycles. The standard InChI is InChI=1S/C19H30N2O2/c1-4-18(16-8-6-5-7-9-16)19(22)20-12-17-14-21(10-11-23-17)13-15(2)3/h5-9,15,17-18H,4,10-14H2,1-3H3,(H,20,22)/t17-,18+/m1/s1. The number of rotatable bonds is 7. The lowest BCUT2D eigenvalue weighted by molar-refractivity contribution is -0.123. The molecule has 128 valence electrons. The van der Waals surface area contributed by atoms with Crippen molar-refractivity contribution < 1.29 is 9.53 Å². The number of ether oxygens (including phenoxy) is 1. The number of hydrogen-bond acceptors (Lipinski definition) is 3. The summed E-state index contributed by atoms with van der Waals surface area (Å²) in [6.07, 6.45) is 0.903. The molecule has 4 nitrogen and oxygen atoms in total. The van der Waals surface area contributed by atoms with E-state index in [1.54, 1.807) is 0 Å². The van der Waals surface area contributed by atoms with E-state index >= 15 is 0 Å². The zero-order chi connectivity index (χ0) is 16.7. The molecule has 1 saturated heterocycles. The average molecular weight is 318 g/mol. The predicted molar refractivity (Wildman–Crippen MR) is 93.5 cm³/mol. The van der Waals surface area contributed by atoms with Crippen molar-refractivity contribution in [3.8, 4) is 0 Å². The van der Waals surface area contributed by atoms with Crippen LogP contribution in [0.3, 0.4) is 0 Å². The summed E-state index contributed by atoms with van der Waals surface area (Å²) in [7, 11) is 0. The number of carbonyl (C=O) groups excluding carboxylic acids is 1. The Morgan fingerprint density at radius 2 is 2.09 bits per heavy atom. The zero-order valence-electron chi connectivity index (χ0n) is 14.6. The summed E-state index contributed by atoms with van der Waals surface area (Å²) >= 11 is 0. The topological polar surface area (TPSA) is 41.6 Å². The Balaban J connectivity index is 1.83. The van der Waals surface area contributed by atoms with Crippen LogP contribution in [0.2, 0.25) is 0 Å². The molecule has 1 aliphatic heterocycles. The minimum Gasteiger partial charge on any atom is -0.374 e. The minimum absolute atomic E-state index is 0.0773. The van der Waals surface area contributed by atoms with Crippen LogP contribution in [-0.4, -0.2) is 49.7 Å². The maximum absolute atomic E-state index is 12.5. The summed E-state index contributed by atoms with van der Waals surface area (Å²) in [6.45, 7) is 10.9. The van der Waals surface area contributed by atoms with Crippen molar-refractivity contribution >= 4 is 5.91 Å². The summed E-state index contributed by atoms with van der Waals surface area (Å²) < 4.78 is 5.80. The molecule has 0 unspecified atom stereocenters. The van der Waals surface area contributed by atoms with Crippen LogP contribution in [0.5, 0.6) is 0 Å². The average Bonchev–Trinajstić information content (AvgIpc) is 2.54. The van der Waals surface area contributed by atoms with Gasteiger partial charge in [0.2, 0.25) is 5.91 Å². The van der Waals surface area contributed by atoms with Crippen molar-refractivity contribution in [3.05, 3.63) is 35.9 Å². The highest BCUT2D eigenvalue weighted by molar-refractivity contribution is 5.83. The molecule has 2 rings (SSSR count). The van der Waals surface area contributed by atoms with Crippen LogP contribution in [0.15, 0.2) is 30.3 Å². The van der Waals surface area contributed by atoms with Crippen molar-refractivity contribution in [2.24, 2.45) is 5.92 Å². The van der Waals surface area contributed by atoms with Gasteiger partial charge in [-0.3, -0.25) is 9.69 Å². The van der Waals surface area contributed by atoms with Crippen LogP contribution in [-0.2, 0) is 9.53 Å². The van der Waals surface area contributed by atoms with E-state index in [1.807, 2.05) is 30.3 Å². The molecule has 1 heterocycles. The molecule has 1 aromatic carbocycles. The summed E-state index contributed by atoms with van der Waals surface area (Å²) in [5.41, 5.74) is 1.08. The molecule has 4 heteroatoms. The molecule has 23 heavy (non-hydrogen) atoms. The maximum Gasteiger partial charge on any atom is 0.227 e. The fourth-order valence-corrected chi connectivity index (χ4v) is 3.18. The SMILES string of the molecule is CC[C@H](C(=O)NC[C@@H]1CN(CC(C)C)CCO1)c1ccccc1. The molecule has 1 aromatic rings. The van der Waals surface area contributed by atoms with Gasteiger partial charge in [-0.15, -0.1) is 0 Å². The van der Waals surface area contributed by atoms with Crippen LogP contribution in [0.25, 0.3) is 0 Å². The van der Waals surface area contributed by atoms with Gasteiger partial charge in [-0.25, -0.2) is 0 Å². The molecule has 0 saturated carbocycles. The number of nitrogens with zero attached hydrogens (tertiary/aromatic N) is 1. The molecule has 0 spiro atoms. The van der Waals surface area contributed by atoms with E-state index in [-0.39, 0.29) is 17.9 Å². The normalized spacial score (nSPS) is 20.4. The highest BCUT2D eigenvalue weighted by Gasteiger charge is 2.23. The Labute approximate surface area is 140 Å². The quantitative estimate of drug-likeness (QED) is 0.840. The van der Waals surface area contributed by atoms with E-state index < -0.39 is 0 Å². The molecular formula is C19H30N2O2. The lowest BCUT2D eigenvalue weighted by Gasteiger charge is -2.34. The largest absolute Gasteiger partial charge is 0.374 e. The van der Waals surface area contributed by atoms with Crippen molar-refractivity contribution in [1.82, 2.24) is 10.2 Å². The van der Waals surface area contributed by atoms with Crippen LogP contribution >= 0.6 is 0 Å². The second-order valence-corrected chi connectivity index (χ2v) is 6.76. The number of nitrogens with one attached hydrogen (secondary N) is 1. The Bertz CT molecular complexity index is 476. The van der Waals surface area contributed by atoms with Gasteiger partial charge in [0.05, 0.1) is 18.6 Å². The van der Waals surface area contributed by atoms with Crippen molar-refractivity contribution in [3.63, 3.8) is 0 Å². The number of morpholine rings is 1. The molecule has 2 atom stereocenters. The van der Waals surface area contributed by atoms with E-state index in [1.165, 1.54) is 0 Å². The monoisotopic (exact) mass is 318 g/mol. The molecule has 1 amide bonds. The second-order valence-electron chi connectivity index (χ2n) is 6.76. The number of benzene rings is 1. The number of carbonyl (C=O) groups is 1. The molecule has 0 aromatic heterocycles. The minimum atomic E-state index is -0.0773. The Morgan fingerprint density at radius 3 is 2.74 bits per heavy atom. The molecular weight excluding hydrogens is 288 g/mol. The van der Waals surface area contributed by atoms with Gasteiger partial charge in [-0.05, 0) is 17.9 Å². The van der Waals surface area contributed by atoms with Crippen molar-refractivity contribution in [2.75, 3.05) is 32.8 Å². The van der Waals surface area contributed by atoms with Crippen molar-refractivity contribution in [2.45, 2.75) is 39.2 Å². The van der Waals surface area contributed by atoms with Gasteiger partial charge in [0, 0.05) is 26.2 Å². The van der Waals surface area contributed by atoms with Gasteiger partial charge in [0.15, 0.2) is 0 Å². The van der Waals surface area contributed by atoms with Crippen LogP contribution in [0, 0.1) is 5.92 Å². The van der Waals surface area contributed by atoms with Gasteiger partial charge < -0.3 is 10.1 Å². The smallest absolute Gasteiger partial charge is 0.227 e. The van der Waals surface area contributed by atoms with Gasteiger partial charge in [0.1, 0.15) is 0 Å². The summed E-state index contributed by atoms with van der Waals surface area (Å²) in [5.74, 6) is 0.681. The third-order valence-corrected chi connectivity index (χ3v) is 4.28. The number of hydrogen-bond donors (Lipinski definition) is 1. The third kappa shape index (κ3) is 5.63. The summed E-state index contributed by atoms with van der Waals surface area (Å²) in [5, 5.41) is 3.09. The first-order chi connectivity index (χ1) is 11.1. The van der Waals surface area contributed by atoms with E-state index in [0.717, 1.165) is 38.2 Å². The Kier molecular flexibility index (Phi) is 7.06. The second kappa shape index (κ2) is 9.04. The third-order valence-electron chi connectivity index (χ3n) is 4.28. The zero-order valence-corrected chi connectivity index (χ0v) is 14.6. The van der Waals surface area contributed by atoms with Gasteiger partial charge >= 0.3 is 0 Å². The highest BCUT2D eigenvalue weighted by atomic mass is 16.5. The molecule has 1 fully saturated rings. The van der Waals surface area contributed by atoms with Crippen molar-refractivity contribution in [1.29, 1.82) is 0 Å². The summed E-state index contributed by atoms with van der Waals surface area (Å²) in [6, 6.07) is 10.00. The summed E-state index contributed by atoms with van der Waals surface area (Å²) in [4.78, 5) is 14.9. The van der Waals surface area contributed by atoms with E-state index in [9.17, 15) is 4.79 Å². The first-order valence-electron chi connectivity index (χ1n) is 8.76. The van der Waals surface area contributed by atoms with Gasteiger partial charge in [-0.1, -0.05) is 51.1 Å². The molecule has 1 N–H and O–H groups in total. The van der Waals surface area contributed by atoms with Crippen LogP contribution < -0.4 is 5.32 Å². The van der Waals surface area contributed by atoms with E-state index in [2.05, 4.69) is 31.0 Å². The molecule has 1 aliphatic rings. The molecule has 0 bridgehead atoms. The Morgan fingerprint density at radius 1 is 1.35 bits per heavy atom. The predicted octanol–water partition coefficient (Wildman–Crippen LogP) is 2.65.